The maximum atomic E-state index is 14.4. The Morgan fingerprint density at radius 3 is 2.14 bits per heavy atom. The summed E-state index contributed by atoms with van der Waals surface area (Å²) in [4.78, 5) is 0.0237. The molecule has 0 bridgehead atoms. The van der Waals surface area contributed by atoms with E-state index in [1.807, 2.05) is 33.9 Å². The van der Waals surface area contributed by atoms with Crippen LogP contribution in [0.4, 0.5) is 4.39 Å². The summed E-state index contributed by atoms with van der Waals surface area (Å²) in [6.07, 6.45) is 0. The van der Waals surface area contributed by atoms with E-state index < -0.39 is 29.6 Å². The second-order valence-corrected chi connectivity index (χ2v) is 15.1. The van der Waals surface area contributed by atoms with Crippen molar-refractivity contribution < 1.29 is 13.7 Å². The molecule has 3 N–H and O–H groups in total. The molecule has 0 aliphatic carbocycles. The molecule has 1 rings (SSSR count). The van der Waals surface area contributed by atoms with E-state index in [-0.39, 0.29) is 14.8 Å². The highest BCUT2D eigenvalue weighted by molar-refractivity contribution is 7.92. The van der Waals surface area contributed by atoms with Gasteiger partial charge in [-0.3, -0.25) is 4.03 Å². The molecule has 0 aromatic carbocycles. The van der Waals surface area contributed by atoms with Crippen molar-refractivity contribution in [2.24, 2.45) is 9.17 Å². The molecule has 0 aliphatic heterocycles. The Bertz CT molecular complexity index is 648. The molecular weight excluding hydrogens is 327 g/mol. The number of thiophene rings is 1. The molecule has 0 saturated heterocycles. The number of hydrogen-bond donors (Lipinski definition) is 2. The molecule has 21 heavy (non-hydrogen) atoms. The first-order chi connectivity index (χ1) is 9.09. The van der Waals surface area contributed by atoms with Gasteiger partial charge in [-0.05, 0) is 32.0 Å². The number of halogens is 1. The standard InChI is InChI=1S/C13H25FN2O2S2Si/c1-12(2,3)21(6,7)16-20(15,18)9-8-19-11(10(9)14)13(4,5)17/h8,17H,1-7H3,(H2,15,16,18). The number of aliphatic hydroxyl groups is 1. The maximum Gasteiger partial charge on any atom is 0.195 e. The third-order valence-electron chi connectivity index (χ3n) is 3.77. The quantitative estimate of drug-likeness (QED) is 0.811. The van der Waals surface area contributed by atoms with E-state index in [9.17, 15) is 13.7 Å². The van der Waals surface area contributed by atoms with Gasteiger partial charge in [0.25, 0.3) is 0 Å². The van der Waals surface area contributed by atoms with Crippen molar-refractivity contribution in [3.05, 3.63) is 16.1 Å². The lowest BCUT2D eigenvalue weighted by Crippen LogP contribution is -2.37. The van der Waals surface area contributed by atoms with Gasteiger partial charge in [0, 0.05) is 5.38 Å². The molecule has 0 aliphatic rings. The lowest BCUT2D eigenvalue weighted by Gasteiger charge is -2.32. The van der Waals surface area contributed by atoms with Gasteiger partial charge in [-0.15, -0.1) is 11.3 Å². The van der Waals surface area contributed by atoms with Crippen molar-refractivity contribution in [1.82, 2.24) is 0 Å². The predicted molar refractivity (Wildman–Crippen MR) is 89.7 cm³/mol. The Morgan fingerprint density at radius 2 is 1.81 bits per heavy atom. The first-order valence-electron chi connectivity index (χ1n) is 6.65. The first-order valence-corrected chi connectivity index (χ1v) is 12.1. The fourth-order valence-corrected chi connectivity index (χ4v) is 7.61. The van der Waals surface area contributed by atoms with Gasteiger partial charge in [-0.2, -0.15) is 0 Å². The van der Waals surface area contributed by atoms with Crippen LogP contribution in [-0.4, -0.2) is 17.6 Å². The minimum absolute atomic E-state index is 0.102. The smallest absolute Gasteiger partial charge is 0.195 e. The molecule has 0 fully saturated rings. The van der Waals surface area contributed by atoms with E-state index in [2.05, 4.69) is 4.03 Å². The number of nitrogens with two attached hydrogens (primary N) is 1. The van der Waals surface area contributed by atoms with Gasteiger partial charge in [-0.1, -0.05) is 20.8 Å². The topological polar surface area (TPSA) is 75.7 Å². The van der Waals surface area contributed by atoms with Crippen LogP contribution < -0.4 is 5.14 Å². The summed E-state index contributed by atoms with van der Waals surface area (Å²) in [5.41, 5.74) is -1.33. The van der Waals surface area contributed by atoms with Crippen molar-refractivity contribution in [2.45, 2.75) is 63.2 Å². The van der Waals surface area contributed by atoms with Crippen LogP contribution in [0.2, 0.25) is 18.1 Å². The third-order valence-corrected chi connectivity index (χ3v) is 12.7. The van der Waals surface area contributed by atoms with E-state index in [4.69, 9.17) is 5.14 Å². The van der Waals surface area contributed by atoms with Crippen LogP contribution >= 0.6 is 11.3 Å². The average Bonchev–Trinajstić information content (AvgIpc) is 2.56. The molecule has 8 heteroatoms. The van der Waals surface area contributed by atoms with Crippen LogP contribution in [0.25, 0.3) is 0 Å². The van der Waals surface area contributed by atoms with Crippen LogP contribution in [0.5, 0.6) is 0 Å². The van der Waals surface area contributed by atoms with Gasteiger partial charge >= 0.3 is 0 Å². The second kappa shape index (κ2) is 5.41. The van der Waals surface area contributed by atoms with Crippen molar-refractivity contribution in [2.75, 3.05) is 0 Å². The summed E-state index contributed by atoms with van der Waals surface area (Å²) in [6, 6.07) is 0. The van der Waals surface area contributed by atoms with Crippen molar-refractivity contribution in [3.63, 3.8) is 0 Å². The van der Waals surface area contributed by atoms with Crippen molar-refractivity contribution >= 4 is 29.5 Å². The molecule has 0 saturated carbocycles. The Hall–Kier alpha value is -0.283. The summed E-state index contributed by atoms with van der Waals surface area (Å²) in [5, 5.41) is 17.1. The molecule has 1 heterocycles. The SMILES string of the molecule is CC(C)(O)c1scc(S(N)(=O)=N[Si](C)(C)C(C)(C)C)c1F. The van der Waals surface area contributed by atoms with Gasteiger partial charge in [0.15, 0.2) is 14.1 Å². The highest BCUT2D eigenvalue weighted by atomic mass is 32.2. The van der Waals surface area contributed by atoms with Crippen molar-refractivity contribution in [1.29, 1.82) is 0 Å². The van der Waals surface area contributed by atoms with E-state index in [1.54, 1.807) is 0 Å². The first kappa shape index (κ1) is 18.8. The molecule has 0 spiro atoms. The summed E-state index contributed by atoms with van der Waals surface area (Å²) >= 11 is 1.01. The van der Waals surface area contributed by atoms with Crippen LogP contribution in [0.1, 0.15) is 39.5 Å². The van der Waals surface area contributed by atoms with E-state index in [1.165, 1.54) is 19.2 Å². The number of nitrogens with zero attached hydrogens (tertiary/aromatic N) is 1. The predicted octanol–water partition coefficient (Wildman–Crippen LogP) is 3.82. The normalized spacial score (nSPS) is 16.7. The highest BCUT2D eigenvalue weighted by Gasteiger charge is 2.38. The number of rotatable bonds is 3. The number of hydrogen-bond acceptors (Lipinski definition) is 4. The molecule has 1 atom stereocenters. The van der Waals surface area contributed by atoms with Gasteiger partial charge in [0.05, 0.1) is 10.5 Å². The fraction of sp³-hybridized carbons (Fsp3) is 0.692. The Morgan fingerprint density at radius 1 is 1.33 bits per heavy atom. The molecule has 1 unspecified atom stereocenters. The largest absolute Gasteiger partial charge is 0.385 e. The lowest BCUT2D eigenvalue weighted by molar-refractivity contribution is 0.0785. The molecule has 0 amide bonds. The van der Waals surface area contributed by atoms with E-state index in [0.717, 1.165) is 11.3 Å². The van der Waals surface area contributed by atoms with E-state index in [0.29, 0.717) is 0 Å². The fourth-order valence-electron chi connectivity index (χ4n) is 1.46. The summed E-state index contributed by atoms with van der Waals surface area (Å²) in [7, 11) is -5.59. The van der Waals surface area contributed by atoms with E-state index >= 15 is 0 Å². The Balaban J connectivity index is 3.47. The van der Waals surface area contributed by atoms with Crippen LogP contribution in [0.15, 0.2) is 14.3 Å². The van der Waals surface area contributed by atoms with Gasteiger partial charge < -0.3 is 5.11 Å². The average molecular weight is 353 g/mol. The second-order valence-electron chi connectivity index (χ2n) is 7.27. The maximum absolute atomic E-state index is 14.4. The minimum atomic E-state index is -3.31. The van der Waals surface area contributed by atoms with Gasteiger partial charge in [-0.25, -0.2) is 13.7 Å². The summed E-state index contributed by atoms with van der Waals surface area (Å²) < 4.78 is 31.6. The van der Waals surface area contributed by atoms with Crippen molar-refractivity contribution in [3.8, 4) is 0 Å². The highest BCUT2D eigenvalue weighted by Crippen LogP contribution is 2.39. The lowest BCUT2D eigenvalue weighted by atomic mass is 10.1. The molecule has 122 valence electrons. The third kappa shape index (κ3) is 3.92. The summed E-state index contributed by atoms with van der Waals surface area (Å²) in [6.45, 7) is 12.9. The van der Waals surface area contributed by atoms with Crippen LogP contribution in [0, 0.1) is 5.82 Å². The Labute approximate surface area is 132 Å². The zero-order valence-electron chi connectivity index (χ0n) is 13.7. The van der Waals surface area contributed by atoms with Crippen LogP contribution in [0.3, 0.4) is 0 Å². The zero-order valence-corrected chi connectivity index (χ0v) is 16.3. The monoisotopic (exact) mass is 352 g/mol. The van der Waals surface area contributed by atoms with Gasteiger partial charge in [0.1, 0.15) is 14.8 Å². The molecule has 1 aromatic heterocycles. The van der Waals surface area contributed by atoms with Crippen LogP contribution in [-0.2, 0) is 15.5 Å². The molecule has 1 aromatic rings. The molecular formula is C13H25FN2O2S2Si. The molecule has 4 nitrogen and oxygen atoms in total. The zero-order chi connectivity index (χ0) is 16.9. The summed E-state index contributed by atoms with van der Waals surface area (Å²) in [5.74, 6) is -0.706. The minimum Gasteiger partial charge on any atom is -0.385 e. The van der Waals surface area contributed by atoms with Gasteiger partial charge in [0.2, 0.25) is 0 Å². The Kier molecular flexibility index (Phi) is 4.84. The molecule has 0 radical (unpaired) electrons.